The fourth-order valence-corrected chi connectivity index (χ4v) is 6.11. The third kappa shape index (κ3) is 8.37. The molecule has 0 aromatic heterocycles. The van der Waals surface area contributed by atoms with E-state index < -0.39 is 22.2 Å². The Morgan fingerprint density at radius 1 is 1.10 bits per heavy atom. The lowest BCUT2D eigenvalue weighted by Gasteiger charge is -2.35. The first-order valence-electron chi connectivity index (χ1n) is 14.5. The molecular formula is C31H47N3O7S. The minimum atomic E-state index is -3.80. The fraction of sp³-hybridized carbons (Fsp3) is 0.581. The third-order valence-electron chi connectivity index (χ3n) is 7.76. The van der Waals surface area contributed by atoms with Crippen LogP contribution in [0.1, 0.15) is 50.4 Å². The normalized spacial score (nSPS) is 21.7. The third-order valence-corrected chi connectivity index (χ3v) is 9.59. The SMILES string of the molecule is COc1ccc(S(=O)(=O)N(C)C[C@H]2OCCCC[C@@H](C)Oc3ccc(N(C)C)cc3C(=O)N([C@@H](C)CO)C[C@H]2C)cc1. The zero-order valence-electron chi connectivity index (χ0n) is 25.9. The summed E-state index contributed by atoms with van der Waals surface area (Å²) >= 11 is 0. The number of aliphatic hydroxyl groups is 1. The smallest absolute Gasteiger partial charge is 0.258 e. The van der Waals surface area contributed by atoms with Gasteiger partial charge in [-0.3, -0.25) is 4.79 Å². The average Bonchev–Trinajstić information content (AvgIpc) is 2.97. The van der Waals surface area contributed by atoms with Gasteiger partial charge in [0.15, 0.2) is 0 Å². The summed E-state index contributed by atoms with van der Waals surface area (Å²) in [5.41, 5.74) is 1.28. The number of rotatable bonds is 8. The van der Waals surface area contributed by atoms with Crippen LogP contribution in [0, 0.1) is 5.92 Å². The maximum Gasteiger partial charge on any atom is 0.258 e. The highest BCUT2D eigenvalue weighted by Gasteiger charge is 2.32. The number of methoxy groups -OCH3 is 1. The minimum Gasteiger partial charge on any atom is -0.497 e. The predicted molar refractivity (Wildman–Crippen MR) is 164 cm³/mol. The van der Waals surface area contributed by atoms with Gasteiger partial charge in [-0.2, -0.15) is 4.31 Å². The van der Waals surface area contributed by atoms with E-state index in [2.05, 4.69) is 0 Å². The topological polar surface area (TPSA) is 109 Å². The summed E-state index contributed by atoms with van der Waals surface area (Å²) in [6.07, 6.45) is 1.80. The van der Waals surface area contributed by atoms with Crippen molar-refractivity contribution in [2.75, 3.05) is 59.5 Å². The molecule has 1 aliphatic rings. The Morgan fingerprint density at radius 3 is 2.40 bits per heavy atom. The molecule has 0 saturated carbocycles. The predicted octanol–water partition coefficient (Wildman–Crippen LogP) is 3.88. The molecule has 0 aliphatic carbocycles. The molecule has 3 rings (SSSR count). The summed E-state index contributed by atoms with van der Waals surface area (Å²) < 4.78 is 45.9. The molecule has 0 spiro atoms. The van der Waals surface area contributed by atoms with Gasteiger partial charge in [-0.25, -0.2) is 8.42 Å². The first-order chi connectivity index (χ1) is 19.9. The quantitative estimate of drug-likeness (QED) is 0.483. The van der Waals surface area contributed by atoms with Crippen LogP contribution in [0.2, 0.25) is 0 Å². The Bertz CT molecular complexity index is 1270. The van der Waals surface area contributed by atoms with Gasteiger partial charge in [0.1, 0.15) is 11.5 Å². The van der Waals surface area contributed by atoms with E-state index in [1.807, 2.05) is 51.0 Å². The van der Waals surface area contributed by atoms with Crippen LogP contribution in [-0.4, -0.2) is 101 Å². The molecule has 1 N–H and O–H groups in total. The standard InChI is InChI=1S/C31H47N3O7S/c1-22-19-34(23(2)21-35)31(36)28-18-25(32(4)5)11-16-29(28)41-24(3)10-8-9-17-40-30(22)20-33(6)42(37,38)27-14-12-26(39-7)13-15-27/h11-16,18,22-24,30,35H,8-10,17,19-21H2,1-7H3/t22-,23+,24-,30-/m1/s1. The number of benzene rings is 2. The highest BCUT2D eigenvalue weighted by molar-refractivity contribution is 7.89. The van der Waals surface area contributed by atoms with Crippen molar-refractivity contribution in [2.24, 2.45) is 5.92 Å². The van der Waals surface area contributed by atoms with Gasteiger partial charge < -0.3 is 29.1 Å². The Morgan fingerprint density at radius 2 is 1.79 bits per heavy atom. The number of ether oxygens (including phenoxy) is 3. The number of amides is 1. The molecule has 0 radical (unpaired) electrons. The number of aliphatic hydroxyl groups excluding tert-OH is 1. The van der Waals surface area contributed by atoms with Crippen LogP contribution in [-0.2, 0) is 14.8 Å². The highest BCUT2D eigenvalue weighted by Crippen LogP contribution is 2.29. The van der Waals surface area contributed by atoms with Crippen molar-refractivity contribution in [2.45, 2.75) is 63.2 Å². The van der Waals surface area contributed by atoms with Gasteiger partial charge in [0.05, 0.1) is 42.4 Å². The van der Waals surface area contributed by atoms with E-state index in [1.54, 1.807) is 24.0 Å². The fourth-order valence-electron chi connectivity index (χ4n) is 4.93. The number of fused-ring (bicyclic) bond motifs is 1. The number of carbonyl (C=O) groups is 1. The van der Waals surface area contributed by atoms with Crippen molar-refractivity contribution in [1.29, 1.82) is 0 Å². The number of sulfonamides is 1. The van der Waals surface area contributed by atoms with Crippen LogP contribution in [0.5, 0.6) is 11.5 Å². The zero-order valence-corrected chi connectivity index (χ0v) is 26.8. The molecule has 10 nitrogen and oxygen atoms in total. The van der Waals surface area contributed by atoms with Gasteiger partial charge in [0, 0.05) is 52.4 Å². The summed E-state index contributed by atoms with van der Waals surface area (Å²) in [4.78, 5) is 17.8. The van der Waals surface area contributed by atoms with E-state index in [0.29, 0.717) is 23.7 Å². The molecule has 0 bridgehead atoms. The van der Waals surface area contributed by atoms with Gasteiger partial charge in [-0.1, -0.05) is 6.92 Å². The molecular weight excluding hydrogens is 558 g/mol. The Hall–Kier alpha value is -2.86. The number of anilines is 1. The molecule has 1 aliphatic heterocycles. The average molecular weight is 606 g/mol. The first kappa shape index (κ1) is 33.6. The van der Waals surface area contributed by atoms with Crippen molar-refractivity contribution in [1.82, 2.24) is 9.21 Å². The summed E-state index contributed by atoms with van der Waals surface area (Å²) in [5, 5.41) is 10.1. The maximum atomic E-state index is 14.1. The Balaban J connectivity index is 1.95. The van der Waals surface area contributed by atoms with E-state index in [4.69, 9.17) is 14.2 Å². The Labute approximate surface area is 251 Å². The molecule has 2 aromatic rings. The van der Waals surface area contributed by atoms with Crippen LogP contribution >= 0.6 is 0 Å². The van der Waals surface area contributed by atoms with Crippen LogP contribution < -0.4 is 14.4 Å². The maximum absolute atomic E-state index is 14.1. The molecule has 42 heavy (non-hydrogen) atoms. The van der Waals surface area contributed by atoms with E-state index in [9.17, 15) is 18.3 Å². The number of hydrogen-bond donors (Lipinski definition) is 1. The van der Waals surface area contributed by atoms with Crippen LogP contribution in [0.4, 0.5) is 5.69 Å². The van der Waals surface area contributed by atoms with Gasteiger partial charge in [0.2, 0.25) is 10.0 Å². The summed E-state index contributed by atoms with van der Waals surface area (Å²) in [5.74, 6) is 0.571. The van der Waals surface area contributed by atoms with Crippen molar-refractivity contribution in [3.8, 4) is 11.5 Å². The zero-order chi connectivity index (χ0) is 31.0. The number of hydrogen-bond acceptors (Lipinski definition) is 8. The second-order valence-electron chi connectivity index (χ2n) is 11.3. The van der Waals surface area contributed by atoms with E-state index in [-0.39, 0.29) is 42.5 Å². The lowest BCUT2D eigenvalue weighted by atomic mass is 10.0. The molecule has 0 fully saturated rings. The Kier molecular flexibility index (Phi) is 12.0. The highest BCUT2D eigenvalue weighted by atomic mass is 32.2. The van der Waals surface area contributed by atoms with Gasteiger partial charge in [0.25, 0.3) is 5.91 Å². The van der Waals surface area contributed by atoms with Crippen LogP contribution in [0.25, 0.3) is 0 Å². The summed E-state index contributed by atoms with van der Waals surface area (Å²) in [6.45, 7) is 6.31. The molecule has 234 valence electrons. The molecule has 11 heteroatoms. The largest absolute Gasteiger partial charge is 0.497 e. The number of carbonyl (C=O) groups excluding carboxylic acids is 1. The monoisotopic (exact) mass is 605 g/mol. The first-order valence-corrected chi connectivity index (χ1v) is 15.9. The second-order valence-corrected chi connectivity index (χ2v) is 13.4. The van der Waals surface area contributed by atoms with Crippen molar-refractivity contribution in [3.63, 3.8) is 0 Å². The molecule has 1 heterocycles. The van der Waals surface area contributed by atoms with Crippen molar-refractivity contribution >= 4 is 21.6 Å². The van der Waals surface area contributed by atoms with Gasteiger partial charge >= 0.3 is 0 Å². The van der Waals surface area contributed by atoms with Crippen LogP contribution in [0.15, 0.2) is 47.4 Å². The van der Waals surface area contributed by atoms with Crippen molar-refractivity contribution in [3.05, 3.63) is 48.0 Å². The molecule has 4 atom stereocenters. The molecule has 0 saturated heterocycles. The number of likely N-dealkylation sites (N-methyl/N-ethyl adjacent to an activating group) is 1. The lowest BCUT2D eigenvalue weighted by molar-refractivity contribution is -0.00833. The van der Waals surface area contributed by atoms with Crippen molar-refractivity contribution < 1.29 is 32.5 Å². The molecule has 1 amide bonds. The second kappa shape index (κ2) is 15.0. The molecule has 0 unspecified atom stereocenters. The van der Waals surface area contributed by atoms with Gasteiger partial charge in [-0.05, 0) is 75.6 Å². The van der Waals surface area contributed by atoms with E-state index >= 15 is 0 Å². The summed E-state index contributed by atoms with van der Waals surface area (Å²) in [7, 11) is 3.09. The van der Waals surface area contributed by atoms with E-state index in [1.165, 1.54) is 30.6 Å². The van der Waals surface area contributed by atoms with E-state index in [0.717, 1.165) is 24.9 Å². The number of nitrogens with zero attached hydrogens (tertiary/aromatic N) is 3. The summed E-state index contributed by atoms with van der Waals surface area (Å²) in [6, 6.07) is 11.4. The minimum absolute atomic E-state index is 0.103. The van der Waals surface area contributed by atoms with Gasteiger partial charge in [-0.15, -0.1) is 0 Å². The van der Waals surface area contributed by atoms with Crippen LogP contribution in [0.3, 0.4) is 0 Å². The lowest BCUT2D eigenvalue weighted by Crippen LogP contribution is -2.48. The molecule has 2 aromatic carbocycles.